The predicted octanol–water partition coefficient (Wildman–Crippen LogP) is 2.02. The van der Waals surface area contributed by atoms with E-state index in [2.05, 4.69) is 5.10 Å². The second-order valence-electron chi connectivity index (χ2n) is 7.96. The van der Waals surface area contributed by atoms with Gasteiger partial charge in [-0.1, -0.05) is 27.7 Å². The number of aromatic nitrogens is 2. The highest BCUT2D eigenvalue weighted by molar-refractivity contribution is 6.57. The Balaban J connectivity index is 1.87. The van der Waals surface area contributed by atoms with Crippen molar-refractivity contribution in [3.05, 3.63) is 18.0 Å². The van der Waals surface area contributed by atoms with Gasteiger partial charge < -0.3 is 14.9 Å². The van der Waals surface area contributed by atoms with Crippen LogP contribution in [-0.2, 0) is 4.74 Å². The normalized spacial score (nSPS) is 31.6. The topological polar surface area (TPSA) is 67.5 Å². The van der Waals surface area contributed by atoms with Crippen LogP contribution >= 0.6 is 0 Å². The summed E-state index contributed by atoms with van der Waals surface area (Å²) in [6, 6.07) is 0.360. The Hall–Kier alpha value is -0.845. The average Bonchev–Trinajstić information content (AvgIpc) is 3.00. The first-order valence-corrected chi connectivity index (χ1v) is 8.24. The Morgan fingerprint density at radius 3 is 2.45 bits per heavy atom. The molecular weight excluding hydrogens is 279 g/mol. The van der Waals surface area contributed by atoms with Crippen molar-refractivity contribution < 1.29 is 14.9 Å². The van der Waals surface area contributed by atoms with Crippen LogP contribution in [0.3, 0.4) is 0 Å². The molecule has 5 nitrogen and oxygen atoms in total. The number of hydrogen-bond acceptors (Lipinski definition) is 4. The van der Waals surface area contributed by atoms with Gasteiger partial charge >= 0.3 is 6.92 Å². The smallest absolute Gasteiger partial charge is 0.305 e. The standard InChI is InChI=1S/C16H27BN2O3/c1-15(2)14(20)13(17(21)16(15,3)4)11-9-18-19(10-11)12-5-7-22-8-6-12/h9-10,12-14,20-21H,5-8H2,1-4H3. The van der Waals surface area contributed by atoms with E-state index >= 15 is 0 Å². The number of aliphatic hydroxyl groups is 1. The van der Waals surface area contributed by atoms with Crippen molar-refractivity contribution in [2.24, 2.45) is 5.41 Å². The van der Waals surface area contributed by atoms with Crippen LogP contribution in [0.25, 0.3) is 0 Å². The lowest BCUT2D eigenvalue weighted by molar-refractivity contribution is 0.0405. The van der Waals surface area contributed by atoms with E-state index in [1.54, 1.807) is 0 Å². The van der Waals surface area contributed by atoms with E-state index in [9.17, 15) is 10.1 Å². The lowest BCUT2D eigenvalue weighted by Gasteiger charge is -2.37. The molecule has 22 heavy (non-hydrogen) atoms. The zero-order valence-corrected chi connectivity index (χ0v) is 14.0. The summed E-state index contributed by atoms with van der Waals surface area (Å²) in [7, 11) is 0. The van der Waals surface area contributed by atoms with Crippen LogP contribution in [-0.4, -0.2) is 46.1 Å². The second-order valence-corrected chi connectivity index (χ2v) is 7.96. The summed E-state index contributed by atoms with van der Waals surface area (Å²) in [5, 5.41) is 25.7. The fourth-order valence-corrected chi connectivity index (χ4v) is 3.87. The van der Waals surface area contributed by atoms with Crippen molar-refractivity contribution >= 4 is 6.92 Å². The van der Waals surface area contributed by atoms with E-state index in [-0.39, 0.29) is 16.5 Å². The van der Waals surface area contributed by atoms with Crippen LogP contribution in [0.2, 0.25) is 5.31 Å². The van der Waals surface area contributed by atoms with Gasteiger partial charge in [0, 0.05) is 25.2 Å². The highest BCUT2D eigenvalue weighted by Crippen LogP contribution is 2.60. The summed E-state index contributed by atoms with van der Waals surface area (Å²) in [6.45, 7) is 9.09. The first-order valence-electron chi connectivity index (χ1n) is 8.24. The maximum Gasteiger partial charge on any atom is 0.305 e. The fourth-order valence-electron chi connectivity index (χ4n) is 3.87. The Kier molecular flexibility index (Phi) is 3.90. The molecule has 2 aliphatic rings. The van der Waals surface area contributed by atoms with Gasteiger partial charge in [-0.3, -0.25) is 4.68 Å². The summed E-state index contributed by atoms with van der Waals surface area (Å²) in [4.78, 5) is 0. The number of hydrogen-bond donors (Lipinski definition) is 2. The molecule has 2 aliphatic heterocycles. The van der Waals surface area contributed by atoms with E-state index in [4.69, 9.17) is 4.74 Å². The molecule has 2 N–H and O–H groups in total. The van der Waals surface area contributed by atoms with Gasteiger partial charge in [0.05, 0.1) is 18.3 Å². The third-order valence-electron chi connectivity index (χ3n) is 6.39. The molecule has 2 saturated heterocycles. The number of nitrogens with zero attached hydrogens (tertiary/aromatic N) is 2. The molecule has 0 saturated carbocycles. The molecule has 0 aromatic carbocycles. The summed E-state index contributed by atoms with van der Waals surface area (Å²) < 4.78 is 7.38. The van der Waals surface area contributed by atoms with Gasteiger partial charge in [-0.2, -0.15) is 5.10 Å². The van der Waals surface area contributed by atoms with Crippen LogP contribution in [0.4, 0.5) is 0 Å². The van der Waals surface area contributed by atoms with Crippen molar-refractivity contribution in [2.45, 2.75) is 63.8 Å². The molecule has 1 aromatic rings. The van der Waals surface area contributed by atoms with Crippen molar-refractivity contribution in [2.75, 3.05) is 13.2 Å². The first-order chi connectivity index (χ1) is 10.3. The van der Waals surface area contributed by atoms with Gasteiger partial charge in [0.2, 0.25) is 0 Å². The summed E-state index contributed by atoms with van der Waals surface area (Å²) in [6.07, 6.45) is 5.17. The molecule has 0 spiro atoms. The third-order valence-corrected chi connectivity index (χ3v) is 6.39. The minimum Gasteiger partial charge on any atom is -0.449 e. The number of ether oxygens (including phenoxy) is 1. The number of rotatable bonds is 2. The molecule has 2 unspecified atom stereocenters. The predicted molar refractivity (Wildman–Crippen MR) is 85.9 cm³/mol. The van der Waals surface area contributed by atoms with E-state index in [0.717, 1.165) is 31.6 Å². The van der Waals surface area contributed by atoms with Crippen LogP contribution in [0.5, 0.6) is 0 Å². The quantitative estimate of drug-likeness (QED) is 0.820. The van der Waals surface area contributed by atoms with E-state index in [1.165, 1.54) is 0 Å². The Labute approximate surface area is 132 Å². The summed E-state index contributed by atoms with van der Waals surface area (Å²) >= 11 is 0. The molecule has 3 rings (SSSR count). The Morgan fingerprint density at radius 1 is 1.27 bits per heavy atom. The largest absolute Gasteiger partial charge is 0.449 e. The minimum absolute atomic E-state index is 0.279. The van der Waals surface area contributed by atoms with E-state index in [1.807, 2.05) is 44.8 Å². The molecule has 0 radical (unpaired) electrons. The first kappa shape index (κ1) is 16.0. The van der Waals surface area contributed by atoms with Gasteiger partial charge in [0.15, 0.2) is 0 Å². The lowest BCUT2D eigenvalue weighted by atomic mass is 9.41. The lowest BCUT2D eigenvalue weighted by Crippen LogP contribution is -2.34. The second kappa shape index (κ2) is 5.36. The van der Waals surface area contributed by atoms with Crippen LogP contribution in [0.1, 0.15) is 58.0 Å². The van der Waals surface area contributed by atoms with E-state index < -0.39 is 13.0 Å². The van der Waals surface area contributed by atoms with Crippen LogP contribution in [0.15, 0.2) is 12.4 Å². The molecule has 0 aliphatic carbocycles. The Morgan fingerprint density at radius 2 is 1.91 bits per heavy atom. The monoisotopic (exact) mass is 306 g/mol. The summed E-state index contributed by atoms with van der Waals surface area (Å²) in [5.74, 6) is -0.279. The van der Waals surface area contributed by atoms with Crippen LogP contribution < -0.4 is 0 Å². The van der Waals surface area contributed by atoms with Gasteiger partial charge in [-0.25, -0.2) is 0 Å². The number of aliphatic hydroxyl groups excluding tert-OH is 1. The molecule has 2 fully saturated rings. The molecule has 1 aromatic heterocycles. The molecule has 6 heteroatoms. The third kappa shape index (κ3) is 2.23. The van der Waals surface area contributed by atoms with Gasteiger partial charge in [-0.05, 0) is 29.1 Å². The SMILES string of the molecule is CC1(C)B(O)C(c2cnn(C3CCOCC3)c2)C(O)C1(C)C. The molecule has 0 amide bonds. The van der Waals surface area contributed by atoms with Crippen molar-refractivity contribution in [1.29, 1.82) is 0 Å². The van der Waals surface area contributed by atoms with Crippen LogP contribution in [0, 0.1) is 5.41 Å². The van der Waals surface area contributed by atoms with Crippen molar-refractivity contribution in [3.8, 4) is 0 Å². The van der Waals surface area contributed by atoms with Gasteiger partial charge in [0.1, 0.15) is 0 Å². The molecule has 2 atom stereocenters. The summed E-state index contributed by atoms with van der Waals surface area (Å²) in [5.41, 5.74) is 0.586. The zero-order chi connectivity index (χ0) is 16.1. The highest BCUT2D eigenvalue weighted by atomic mass is 16.5. The maximum absolute atomic E-state index is 10.8. The molecule has 0 bridgehead atoms. The minimum atomic E-state index is -0.579. The molecule has 3 heterocycles. The highest BCUT2D eigenvalue weighted by Gasteiger charge is 2.62. The molecule has 122 valence electrons. The van der Waals surface area contributed by atoms with Gasteiger partial charge in [-0.15, -0.1) is 0 Å². The zero-order valence-electron chi connectivity index (χ0n) is 14.0. The maximum atomic E-state index is 10.8. The fraction of sp³-hybridized carbons (Fsp3) is 0.812. The Bertz CT molecular complexity index is 517. The average molecular weight is 306 g/mol. The van der Waals surface area contributed by atoms with Gasteiger partial charge in [0.25, 0.3) is 0 Å². The molecular formula is C16H27BN2O3. The van der Waals surface area contributed by atoms with Crippen molar-refractivity contribution in [1.82, 2.24) is 9.78 Å². The van der Waals surface area contributed by atoms with Crippen molar-refractivity contribution in [3.63, 3.8) is 0 Å². The van der Waals surface area contributed by atoms with E-state index in [0.29, 0.717) is 6.04 Å².